The van der Waals surface area contributed by atoms with Gasteiger partial charge < -0.3 is 0 Å². The van der Waals surface area contributed by atoms with Crippen molar-refractivity contribution < 1.29 is 14.0 Å². The second-order valence-corrected chi connectivity index (χ2v) is 6.31. The number of carbonyl (C=O) groups is 2. The molecule has 1 aromatic carbocycles. The lowest BCUT2D eigenvalue weighted by Crippen LogP contribution is -2.38. The number of allylic oxidation sites excluding steroid dienone is 2. The lowest BCUT2D eigenvalue weighted by Gasteiger charge is -2.38. The summed E-state index contributed by atoms with van der Waals surface area (Å²) in [5.74, 6) is -1.28. The van der Waals surface area contributed by atoms with Gasteiger partial charge in [-0.25, -0.2) is 9.29 Å². The fourth-order valence-electron chi connectivity index (χ4n) is 4.11. The van der Waals surface area contributed by atoms with Gasteiger partial charge in [-0.1, -0.05) is 18.2 Å². The van der Waals surface area contributed by atoms with Gasteiger partial charge in [0.25, 0.3) is 0 Å². The van der Waals surface area contributed by atoms with Crippen molar-refractivity contribution in [1.82, 2.24) is 0 Å². The SMILES string of the molecule is Cc1ccc(F)c(N2C(=O)[C@@H]3[C@H](C2=O)[C@@H]2C=C[C@@H]3CC2)c1. The molecule has 1 heterocycles. The Labute approximate surface area is 122 Å². The van der Waals surface area contributed by atoms with Crippen LogP contribution in [0, 0.1) is 36.4 Å². The van der Waals surface area contributed by atoms with E-state index in [2.05, 4.69) is 12.2 Å². The third-order valence-electron chi connectivity index (χ3n) is 5.10. The van der Waals surface area contributed by atoms with Crippen molar-refractivity contribution in [2.45, 2.75) is 19.8 Å². The van der Waals surface area contributed by atoms with Crippen molar-refractivity contribution in [1.29, 1.82) is 0 Å². The number of fused-ring (bicyclic) bond motifs is 1. The first-order valence-electron chi connectivity index (χ1n) is 7.40. The zero-order valence-corrected chi connectivity index (χ0v) is 11.8. The first kappa shape index (κ1) is 12.7. The van der Waals surface area contributed by atoms with Crippen molar-refractivity contribution in [2.75, 3.05) is 4.90 Å². The second kappa shape index (κ2) is 4.26. The van der Waals surface area contributed by atoms with Gasteiger partial charge in [-0.15, -0.1) is 0 Å². The number of imide groups is 1. The molecule has 0 spiro atoms. The molecule has 21 heavy (non-hydrogen) atoms. The number of hydrogen-bond donors (Lipinski definition) is 0. The number of halogens is 1. The van der Waals surface area contributed by atoms with Crippen molar-refractivity contribution in [2.24, 2.45) is 23.7 Å². The summed E-state index contributed by atoms with van der Waals surface area (Å²) in [6.45, 7) is 1.83. The van der Waals surface area contributed by atoms with Crippen LogP contribution in [-0.2, 0) is 9.59 Å². The molecule has 0 radical (unpaired) electrons. The van der Waals surface area contributed by atoms with E-state index in [1.54, 1.807) is 12.1 Å². The minimum Gasteiger partial charge on any atom is -0.274 e. The van der Waals surface area contributed by atoms with Crippen LogP contribution in [0.25, 0.3) is 0 Å². The molecule has 108 valence electrons. The standard InChI is InChI=1S/C17H16FNO2/c1-9-2-7-12(18)13(8-9)19-16(20)14-10-3-4-11(6-5-10)15(14)17(19)21/h2-4,7-8,10-11,14-15H,5-6H2,1H3/t10-,11-,14-,15+/m1/s1. The quantitative estimate of drug-likeness (QED) is 0.588. The van der Waals surface area contributed by atoms with Gasteiger partial charge in [0.05, 0.1) is 17.5 Å². The van der Waals surface area contributed by atoms with Crippen molar-refractivity contribution >= 4 is 17.5 Å². The summed E-state index contributed by atoms with van der Waals surface area (Å²) in [5.41, 5.74) is 0.946. The van der Waals surface area contributed by atoms with Gasteiger partial charge >= 0.3 is 0 Å². The van der Waals surface area contributed by atoms with E-state index in [4.69, 9.17) is 0 Å². The molecule has 4 aliphatic rings. The summed E-state index contributed by atoms with van der Waals surface area (Å²) < 4.78 is 14.1. The smallest absolute Gasteiger partial charge is 0.238 e. The molecule has 2 amide bonds. The summed E-state index contributed by atoms with van der Waals surface area (Å²) in [4.78, 5) is 26.5. The topological polar surface area (TPSA) is 37.4 Å². The van der Waals surface area contributed by atoms with Gasteiger partial charge in [0.1, 0.15) is 5.82 Å². The fraction of sp³-hybridized carbons (Fsp3) is 0.412. The van der Waals surface area contributed by atoms with Crippen LogP contribution in [0.15, 0.2) is 30.4 Å². The highest BCUT2D eigenvalue weighted by Crippen LogP contribution is 2.50. The molecular formula is C17H16FNO2. The van der Waals surface area contributed by atoms with Crippen LogP contribution in [0.5, 0.6) is 0 Å². The van der Waals surface area contributed by atoms with Crippen LogP contribution in [0.1, 0.15) is 18.4 Å². The fourth-order valence-corrected chi connectivity index (χ4v) is 4.11. The summed E-state index contributed by atoms with van der Waals surface area (Å²) in [5, 5.41) is 0. The number of anilines is 1. The number of rotatable bonds is 1. The van der Waals surface area contributed by atoms with Gasteiger partial charge in [-0.05, 0) is 49.3 Å². The molecule has 1 saturated heterocycles. The molecule has 0 aromatic heterocycles. The van der Waals surface area contributed by atoms with Crippen LogP contribution >= 0.6 is 0 Å². The Kier molecular flexibility index (Phi) is 2.59. The van der Waals surface area contributed by atoms with E-state index < -0.39 is 5.82 Å². The molecule has 5 rings (SSSR count). The minimum absolute atomic E-state index is 0.110. The van der Waals surface area contributed by atoms with E-state index >= 15 is 0 Å². The summed E-state index contributed by atoms with van der Waals surface area (Å²) in [7, 11) is 0. The number of nitrogens with zero attached hydrogens (tertiary/aromatic N) is 1. The molecule has 3 nitrogen and oxygen atoms in total. The monoisotopic (exact) mass is 285 g/mol. The minimum atomic E-state index is -0.513. The Balaban J connectivity index is 1.80. The lowest BCUT2D eigenvalue weighted by molar-refractivity contribution is -0.124. The van der Waals surface area contributed by atoms with Crippen molar-refractivity contribution in [3.8, 4) is 0 Å². The Morgan fingerprint density at radius 2 is 1.62 bits per heavy atom. The molecule has 3 aliphatic carbocycles. The molecule has 1 saturated carbocycles. The number of hydrogen-bond acceptors (Lipinski definition) is 2. The van der Waals surface area contributed by atoms with E-state index in [0.29, 0.717) is 0 Å². The second-order valence-electron chi connectivity index (χ2n) is 6.31. The summed E-state index contributed by atoms with van der Waals surface area (Å²) in [6.07, 6.45) is 6.03. The molecule has 1 aliphatic heterocycles. The van der Waals surface area contributed by atoms with Crippen LogP contribution in [0.4, 0.5) is 10.1 Å². The molecule has 2 bridgehead atoms. The third-order valence-corrected chi connectivity index (χ3v) is 5.10. The van der Waals surface area contributed by atoms with Crippen molar-refractivity contribution in [3.63, 3.8) is 0 Å². The average Bonchev–Trinajstić information content (AvgIpc) is 2.77. The maximum Gasteiger partial charge on any atom is 0.238 e. The van der Waals surface area contributed by atoms with E-state index in [0.717, 1.165) is 23.3 Å². The normalized spacial score (nSPS) is 33.7. The van der Waals surface area contributed by atoms with Gasteiger partial charge in [0, 0.05) is 0 Å². The molecular weight excluding hydrogens is 269 g/mol. The zero-order chi connectivity index (χ0) is 14.7. The van der Waals surface area contributed by atoms with E-state index in [1.807, 2.05) is 6.92 Å². The average molecular weight is 285 g/mol. The van der Waals surface area contributed by atoms with Gasteiger partial charge in [0.15, 0.2) is 0 Å². The maximum atomic E-state index is 14.1. The molecule has 0 unspecified atom stereocenters. The van der Waals surface area contributed by atoms with Crippen LogP contribution < -0.4 is 4.90 Å². The zero-order valence-electron chi connectivity index (χ0n) is 11.8. The number of benzene rings is 1. The van der Waals surface area contributed by atoms with E-state index in [-0.39, 0.29) is 41.2 Å². The first-order chi connectivity index (χ1) is 10.1. The first-order valence-corrected chi connectivity index (χ1v) is 7.40. The highest BCUT2D eigenvalue weighted by molar-refractivity contribution is 6.22. The van der Waals surface area contributed by atoms with Crippen LogP contribution in [-0.4, -0.2) is 11.8 Å². The Morgan fingerprint density at radius 3 is 2.14 bits per heavy atom. The predicted molar refractivity (Wildman–Crippen MR) is 76.0 cm³/mol. The Bertz CT molecular complexity index is 649. The largest absolute Gasteiger partial charge is 0.274 e. The van der Waals surface area contributed by atoms with Gasteiger partial charge in [0.2, 0.25) is 11.8 Å². The maximum absolute atomic E-state index is 14.1. The predicted octanol–water partition coefficient (Wildman–Crippen LogP) is 2.84. The molecule has 4 heteroatoms. The third kappa shape index (κ3) is 1.65. The van der Waals surface area contributed by atoms with E-state index in [1.165, 1.54) is 6.07 Å². The number of amides is 2. The molecule has 4 atom stereocenters. The van der Waals surface area contributed by atoms with Crippen LogP contribution in [0.3, 0.4) is 0 Å². The molecule has 2 fully saturated rings. The van der Waals surface area contributed by atoms with Crippen molar-refractivity contribution in [3.05, 3.63) is 41.7 Å². The summed E-state index contributed by atoms with van der Waals surface area (Å²) >= 11 is 0. The lowest BCUT2D eigenvalue weighted by atomic mass is 9.63. The van der Waals surface area contributed by atoms with Gasteiger partial charge in [-0.2, -0.15) is 0 Å². The Morgan fingerprint density at radius 1 is 1.05 bits per heavy atom. The highest BCUT2D eigenvalue weighted by Gasteiger charge is 2.57. The van der Waals surface area contributed by atoms with E-state index in [9.17, 15) is 14.0 Å². The van der Waals surface area contributed by atoms with Gasteiger partial charge in [-0.3, -0.25) is 9.59 Å². The highest BCUT2D eigenvalue weighted by atomic mass is 19.1. The van der Waals surface area contributed by atoms with Crippen LogP contribution in [0.2, 0.25) is 0 Å². The molecule has 0 N–H and O–H groups in total. The number of carbonyl (C=O) groups excluding carboxylic acids is 2. The summed E-state index contributed by atoms with van der Waals surface area (Å²) in [6, 6.07) is 4.54. The molecule has 1 aromatic rings. The number of aryl methyl sites for hydroxylation is 1. The Hall–Kier alpha value is -1.97.